The number of carbonyl (C=O) groups excluding carboxylic acids is 6. The molecule has 0 bridgehead atoms. The Balaban J connectivity index is 5.00. The summed E-state index contributed by atoms with van der Waals surface area (Å²) in [6.45, 7) is 6.21. The van der Waals surface area contributed by atoms with Gasteiger partial charge >= 0.3 is 6.03 Å². The fourth-order valence-corrected chi connectivity index (χ4v) is 4.02. The molecule has 0 saturated carbocycles. The van der Waals surface area contributed by atoms with Crippen LogP contribution in [0.2, 0.25) is 0 Å². The van der Waals surface area contributed by atoms with Crippen LogP contribution in [0.3, 0.4) is 0 Å². The molecule has 0 aliphatic rings. The smallest absolute Gasteiger partial charge is 0.312 e. The lowest BCUT2D eigenvalue weighted by molar-refractivity contribution is -0.134. The average molecular weight is 653 g/mol. The number of hydrogen-bond acceptors (Lipinski definition) is 6. The van der Waals surface area contributed by atoms with Crippen LogP contribution in [0.15, 0.2) is 0 Å². The highest BCUT2D eigenvalue weighted by Gasteiger charge is 2.29. The van der Waals surface area contributed by atoms with Crippen LogP contribution in [-0.2, 0) is 24.0 Å². The number of hydrogen-bond donors (Lipinski definition) is 5. The van der Waals surface area contributed by atoms with E-state index in [2.05, 4.69) is 21.3 Å². The van der Waals surface area contributed by atoms with Gasteiger partial charge in [-0.1, -0.05) is 42.9 Å². The molecule has 0 aromatic carbocycles. The first kappa shape index (κ1) is 33.8. The molecule has 0 rings (SSSR count). The van der Waals surface area contributed by atoms with E-state index in [4.69, 9.17) is 7.10 Å². The maximum atomic E-state index is 13.2. The van der Waals surface area contributed by atoms with Gasteiger partial charge in [-0.05, 0) is 45.4 Å². The molecule has 0 aliphatic carbocycles. The van der Waals surface area contributed by atoms with Crippen molar-refractivity contribution in [3.05, 3.63) is 0 Å². The number of carbonyl (C=O) groups is 6. The molecule has 0 aromatic rings. The van der Waals surface area contributed by atoms with Gasteiger partial charge in [0, 0.05) is 52.1 Å². The number of unbranched alkanes of at least 4 members (excludes halogenated alkanes) is 2. The van der Waals surface area contributed by atoms with Crippen LogP contribution < -0.4 is 27.0 Å². The lowest BCUT2D eigenvalue weighted by atomic mass is 9.88. The second-order valence-corrected chi connectivity index (χ2v) is 10.6. The molecule has 0 heterocycles. The Morgan fingerprint density at radius 3 is 2.13 bits per heavy atom. The minimum absolute atomic E-state index is 0.0135. The van der Waals surface area contributed by atoms with Crippen molar-refractivity contribution < 1.29 is 30.1 Å². The highest BCUT2D eigenvalue weighted by molar-refractivity contribution is 14.1. The Labute approximate surface area is 241 Å². The molecule has 0 fully saturated rings. The van der Waals surface area contributed by atoms with Gasteiger partial charge in [-0.15, -0.1) is 0 Å². The van der Waals surface area contributed by atoms with Crippen molar-refractivity contribution in [2.75, 3.05) is 17.5 Å². The number of halogens is 1. The van der Waals surface area contributed by atoms with Crippen molar-refractivity contribution in [3.8, 4) is 0 Å². The van der Waals surface area contributed by atoms with Crippen molar-refractivity contribution in [1.29, 1.82) is 0 Å². The van der Waals surface area contributed by atoms with E-state index in [-0.39, 0.29) is 74.5 Å². The molecular weight excluding hydrogens is 605 g/mol. The third kappa shape index (κ3) is 18.1. The lowest BCUT2D eigenvalue weighted by Crippen LogP contribution is -2.46. The summed E-state index contributed by atoms with van der Waals surface area (Å²) < 4.78 is 7.70. The molecule has 38 heavy (non-hydrogen) atoms. The number of ketones is 2. The molecule has 5 amide bonds. The first-order valence-corrected chi connectivity index (χ1v) is 14.7. The Hall–Kier alpha value is -2.25. The molecule has 6 N–H and O–H groups in total. The van der Waals surface area contributed by atoms with Crippen LogP contribution in [0, 0.1) is 11.8 Å². The van der Waals surface area contributed by atoms with E-state index < -0.39 is 23.9 Å². The van der Waals surface area contributed by atoms with Crippen molar-refractivity contribution >= 4 is 57.9 Å². The molecule has 0 aliphatic heterocycles. The molecular formula is C26H46IN5O6. The Morgan fingerprint density at radius 1 is 0.842 bits per heavy atom. The van der Waals surface area contributed by atoms with Gasteiger partial charge in [-0.2, -0.15) is 0 Å². The van der Waals surface area contributed by atoms with Gasteiger partial charge in [0.15, 0.2) is 5.78 Å². The van der Waals surface area contributed by atoms with Gasteiger partial charge in [-0.25, -0.2) is 4.79 Å². The maximum absolute atomic E-state index is 13.2. The topological polar surface area (TPSA) is 177 Å². The van der Waals surface area contributed by atoms with E-state index in [9.17, 15) is 28.8 Å². The second-order valence-electron chi connectivity index (χ2n) is 9.82. The zero-order valence-corrected chi connectivity index (χ0v) is 25.1. The molecule has 11 nitrogen and oxygen atoms in total. The average Bonchev–Trinajstić information content (AvgIpc) is 2.88. The predicted molar refractivity (Wildman–Crippen MR) is 155 cm³/mol. The summed E-state index contributed by atoms with van der Waals surface area (Å²) >= 11 is 1.99. The van der Waals surface area contributed by atoms with Crippen LogP contribution in [-0.4, -0.2) is 64.9 Å². The largest absolute Gasteiger partial charge is 0.355 e. The molecule has 0 spiro atoms. The molecule has 218 valence electrons. The molecule has 0 aromatic heterocycles. The molecule has 12 heteroatoms. The molecule has 3 atom stereocenters. The Bertz CT molecular complexity index is 814. The van der Waals surface area contributed by atoms with Crippen LogP contribution in [0.25, 0.3) is 0 Å². The number of Topliss-reactive ketones (excluding diaryl/α,β-unsaturated/α-hetero) is 2. The van der Waals surface area contributed by atoms with Crippen LogP contribution in [0.4, 0.5) is 4.79 Å². The van der Waals surface area contributed by atoms with Crippen LogP contribution in [0.5, 0.6) is 0 Å². The Kier molecular flexibility index (Phi) is 18.4. The van der Waals surface area contributed by atoms with E-state index in [1.807, 2.05) is 36.4 Å². The number of alkyl halides is 1. The van der Waals surface area contributed by atoms with Gasteiger partial charge in [0.1, 0.15) is 5.78 Å². The van der Waals surface area contributed by atoms with Gasteiger partial charge < -0.3 is 27.0 Å². The SMILES string of the molecule is [2H]C[C@@H](C)NC(=O)CCC(=O)[C@H](CCCNC(N)=O)NC(=O)[C@@H](CC(=O)CCCCCNC(=O)CI)C(C)C. The third-order valence-corrected chi connectivity index (χ3v) is 6.54. The predicted octanol–water partition coefficient (Wildman–Crippen LogP) is 2.14. The number of nitrogens with one attached hydrogen (secondary N) is 4. The first-order chi connectivity index (χ1) is 18.4. The van der Waals surface area contributed by atoms with Gasteiger partial charge in [-0.3, -0.25) is 24.0 Å². The fourth-order valence-electron chi connectivity index (χ4n) is 3.75. The van der Waals surface area contributed by atoms with Crippen molar-refractivity contribution in [2.45, 2.75) is 97.5 Å². The molecule has 0 radical (unpaired) electrons. The number of amides is 5. The first-order valence-electron chi connectivity index (χ1n) is 13.9. The minimum Gasteiger partial charge on any atom is -0.355 e. The van der Waals surface area contributed by atoms with Crippen LogP contribution >= 0.6 is 22.6 Å². The maximum Gasteiger partial charge on any atom is 0.312 e. The number of rotatable bonds is 21. The van der Waals surface area contributed by atoms with Crippen molar-refractivity contribution in [1.82, 2.24) is 21.3 Å². The molecule has 0 saturated heterocycles. The summed E-state index contributed by atoms with van der Waals surface area (Å²) in [6.07, 6.45) is 3.09. The van der Waals surface area contributed by atoms with Gasteiger partial charge in [0.05, 0.1) is 10.5 Å². The lowest BCUT2D eigenvalue weighted by Gasteiger charge is -2.24. The highest BCUT2D eigenvalue weighted by atomic mass is 127. The summed E-state index contributed by atoms with van der Waals surface area (Å²) in [5.41, 5.74) is 5.08. The summed E-state index contributed by atoms with van der Waals surface area (Å²) in [4.78, 5) is 73.0. The second kappa shape index (κ2) is 20.7. The zero-order chi connectivity index (χ0) is 29.8. The Morgan fingerprint density at radius 2 is 1.53 bits per heavy atom. The zero-order valence-electron chi connectivity index (χ0n) is 23.9. The van der Waals surface area contributed by atoms with Crippen LogP contribution in [0.1, 0.15) is 86.8 Å². The van der Waals surface area contributed by atoms with Gasteiger partial charge in [0.25, 0.3) is 0 Å². The quantitative estimate of drug-likeness (QED) is 0.0721. The standard InChI is InChI=1S/C26H46IN5O6/c1-17(2)20(15-19(33)9-6-5-7-13-29-24(36)16-27)25(37)32-21(10-8-14-30-26(28)38)22(34)11-12-23(35)31-18(3)4/h17-18,20-21H,5-16H2,1-4H3,(H,29,36)(H,31,35)(H,32,37)(H3,28,30,38)/t20-,21-/m0/s1/i3D/t18-,20-,21-. The van der Waals surface area contributed by atoms with E-state index in [1.165, 1.54) is 0 Å². The molecule has 0 unspecified atom stereocenters. The third-order valence-electron chi connectivity index (χ3n) is 5.84. The summed E-state index contributed by atoms with van der Waals surface area (Å²) in [5, 5.41) is 10.7. The number of nitrogens with two attached hydrogens (primary N) is 1. The summed E-state index contributed by atoms with van der Waals surface area (Å²) in [5.74, 6) is -1.86. The van der Waals surface area contributed by atoms with E-state index in [0.29, 0.717) is 30.2 Å². The van der Waals surface area contributed by atoms with Crippen molar-refractivity contribution in [2.24, 2.45) is 17.6 Å². The highest BCUT2D eigenvalue weighted by Crippen LogP contribution is 2.19. The monoisotopic (exact) mass is 652 g/mol. The van der Waals surface area contributed by atoms with E-state index in [1.54, 1.807) is 6.92 Å². The van der Waals surface area contributed by atoms with E-state index >= 15 is 0 Å². The van der Waals surface area contributed by atoms with Gasteiger partial charge in [0.2, 0.25) is 17.7 Å². The van der Waals surface area contributed by atoms with Crippen molar-refractivity contribution in [3.63, 3.8) is 0 Å². The van der Waals surface area contributed by atoms with E-state index in [0.717, 1.165) is 12.8 Å². The fraction of sp³-hybridized carbons (Fsp3) is 0.769. The summed E-state index contributed by atoms with van der Waals surface area (Å²) in [6, 6.07) is -1.89. The number of urea groups is 1. The normalized spacial score (nSPS) is 13.6. The number of primary amides is 1. The summed E-state index contributed by atoms with van der Waals surface area (Å²) in [7, 11) is 0. The minimum atomic E-state index is -0.873.